The molecule has 0 saturated heterocycles. The van der Waals surface area contributed by atoms with E-state index in [0.717, 1.165) is 6.33 Å². The first-order valence-electron chi connectivity index (χ1n) is 5.38. The standard InChI is InChI=1S/C11H9N5O4/c17-8-4-2-1-3-7(8)5-14-15-11(18)9-10(16(19)20)13-6-12-9/h1-6,17H,(H,12,13)(H,15,18)/b14-5-. The number of nitro groups is 1. The SMILES string of the molecule is O=C(N/N=C\c1ccccc1O)c1nc[nH]c1[N+](=O)[O-]. The number of rotatable bonds is 4. The molecule has 0 radical (unpaired) electrons. The van der Waals surface area contributed by atoms with E-state index in [1.165, 1.54) is 12.3 Å². The molecule has 1 heterocycles. The largest absolute Gasteiger partial charge is 0.507 e. The molecule has 0 aliphatic carbocycles. The molecule has 1 aromatic heterocycles. The maximum atomic E-state index is 11.6. The van der Waals surface area contributed by atoms with Crippen molar-refractivity contribution < 1.29 is 14.8 Å². The number of phenols is 1. The van der Waals surface area contributed by atoms with Crippen molar-refractivity contribution in [3.05, 3.63) is 52.0 Å². The predicted octanol–water partition coefficient (Wildman–Crippen LogP) is 0.787. The molecule has 2 rings (SSSR count). The molecule has 0 unspecified atom stereocenters. The lowest BCUT2D eigenvalue weighted by Crippen LogP contribution is -2.19. The van der Waals surface area contributed by atoms with Gasteiger partial charge in [-0.15, -0.1) is 0 Å². The van der Waals surface area contributed by atoms with E-state index in [1.807, 2.05) is 0 Å². The fourth-order valence-electron chi connectivity index (χ4n) is 1.40. The van der Waals surface area contributed by atoms with Crippen LogP contribution in [-0.4, -0.2) is 32.1 Å². The minimum Gasteiger partial charge on any atom is -0.507 e. The smallest absolute Gasteiger partial charge is 0.353 e. The van der Waals surface area contributed by atoms with Crippen LogP contribution in [0.25, 0.3) is 0 Å². The van der Waals surface area contributed by atoms with E-state index in [1.54, 1.807) is 18.2 Å². The lowest BCUT2D eigenvalue weighted by molar-refractivity contribution is -0.389. The van der Waals surface area contributed by atoms with Crippen molar-refractivity contribution >= 4 is 17.9 Å². The Morgan fingerprint density at radius 2 is 2.25 bits per heavy atom. The number of hydrogen-bond acceptors (Lipinski definition) is 6. The van der Waals surface area contributed by atoms with Crippen LogP contribution in [-0.2, 0) is 0 Å². The van der Waals surface area contributed by atoms with Crippen LogP contribution in [0, 0.1) is 10.1 Å². The zero-order valence-electron chi connectivity index (χ0n) is 9.98. The van der Waals surface area contributed by atoms with Crippen molar-refractivity contribution in [3.8, 4) is 5.75 Å². The molecule has 0 aliphatic rings. The highest BCUT2D eigenvalue weighted by Crippen LogP contribution is 2.13. The van der Waals surface area contributed by atoms with Gasteiger partial charge in [0.25, 0.3) is 5.91 Å². The minimum atomic E-state index is -0.829. The van der Waals surface area contributed by atoms with Gasteiger partial charge in [-0.25, -0.2) is 15.4 Å². The average Bonchev–Trinajstić information content (AvgIpc) is 2.90. The second kappa shape index (κ2) is 5.61. The number of carbonyl (C=O) groups excluding carboxylic acids is 1. The van der Waals surface area contributed by atoms with Crippen LogP contribution in [0.5, 0.6) is 5.75 Å². The van der Waals surface area contributed by atoms with Gasteiger partial charge in [0, 0.05) is 5.56 Å². The molecule has 3 N–H and O–H groups in total. The molecule has 1 aromatic carbocycles. The van der Waals surface area contributed by atoms with E-state index in [2.05, 4.69) is 20.5 Å². The highest BCUT2D eigenvalue weighted by atomic mass is 16.6. The minimum absolute atomic E-state index is 0.00347. The Bertz CT molecular complexity index is 679. The summed E-state index contributed by atoms with van der Waals surface area (Å²) >= 11 is 0. The second-order valence-corrected chi connectivity index (χ2v) is 3.61. The normalized spacial score (nSPS) is 10.6. The van der Waals surface area contributed by atoms with Crippen molar-refractivity contribution in [2.75, 3.05) is 0 Å². The van der Waals surface area contributed by atoms with Crippen LogP contribution in [0.2, 0.25) is 0 Å². The summed E-state index contributed by atoms with van der Waals surface area (Å²) in [5, 5.41) is 23.7. The molecule has 0 atom stereocenters. The number of aromatic nitrogens is 2. The van der Waals surface area contributed by atoms with E-state index in [4.69, 9.17) is 0 Å². The van der Waals surface area contributed by atoms with Crippen LogP contribution in [0.3, 0.4) is 0 Å². The van der Waals surface area contributed by atoms with Crippen molar-refractivity contribution in [2.24, 2.45) is 5.10 Å². The number of benzene rings is 1. The molecule has 9 nitrogen and oxygen atoms in total. The van der Waals surface area contributed by atoms with Gasteiger partial charge in [0.15, 0.2) is 6.33 Å². The summed E-state index contributed by atoms with van der Waals surface area (Å²) < 4.78 is 0. The van der Waals surface area contributed by atoms with E-state index in [0.29, 0.717) is 5.56 Å². The van der Waals surface area contributed by atoms with Crippen LogP contribution in [0.1, 0.15) is 16.1 Å². The fourth-order valence-corrected chi connectivity index (χ4v) is 1.40. The first kappa shape index (κ1) is 13.2. The van der Waals surface area contributed by atoms with Gasteiger partial charge in [0.05, 0.1) is 6.21 Å². The van der Waals surface area contributed by atoms with Crippen LogP contribution >= 0.6 is 0 Å². The number of hydrazone groups is 1. The molecule has 9 heteroatoms. The van der Waals surface area contributed by atoms with Gasteiger partial charge in [0.1, 0.15) is 5.75 Å². The Morgan fingerprint density at radius 1 is 1.50 bits per heavy atom. The molecule has 0 bridgehead atoms. The number of nitrogens with zero attached hydrogens (tertiary/aromatic N) is 3. The van der Waals surface area contributed by atoms with Gasteiger partial charge < -0.3 is 15.2 Å². The number of para-hydroxylation sites is 1. The molecule has 0 spiro atoms. The van der Waals surface area contributed by atoms with Gasteiger partial charge in [-0.2, -0.15) is 5.10 Å². The molecule has 0 saturated carbocycles. The van der Waals surface area contributed by atoms with Crippen LogP contribution in [0.4, 0.5) is 5.82 Å². The molecule has 102 valence electrons. The van der Waals surface area contributed by atoms with Crippen molar-refractivity contribution in [1.29, 1.82) is 0 Å². The van der Waals surface area contributed by atoms with E-state index >= 15 is 0 Å². The summed E-state index contributed by atoms with van der Waals surface area (Å²) in [6.07, 6.45) is 2.26. The number of amides is 1. The quantitative estimate of drug-likeness (QED) is 0.431. The number of aromatic amines is 1. The topological polar surface area (TPSA) is 134 Å². The molecular formula is C11H9N5O4. The molecule has 2 aromatic rings. The molecule has 0 aliphatic heterocycles. The summed E-state index contributed by atoms with van der Waals surface area (Å²) in [5.41, 5.74) is 2.11. The van der Waals surface area contributed by atoms with Gasteiger partial charge in [-0.05, 0) is 17.1 Å². The number of nitrogens with one attached hydrogen (secondary N) is 2. The lowest BCUT2D eigenvalue weighted by Gasteiger charge is -1.98. The lowest BCUT2D eigenvalue weighted by atomic mass is 10.2. The van der Waals surface area contributed by atoms with Gasteiger partial charge in [-0.3, -0.25) is 4.79 Å². The second-order valence-electron chi connectivity index (χ2n) is 3.61. The molecular weight excluding hydrogens is 266 g/mol. The number of phenolic OH excluding ortho intramolecular Hbond substituents is 1. The maximum absolute atomic E-state index is 11.6. The van der Waals surface area contributed by atoms with E-state index in [-0.39, 0.29) is 11.4 Å². The van der Waals surface area contributed by atoms with Crippen molar-refractivity contribution in [3.63, 3.8) is 0 Å². The van der Waals surface area contributed by atoms with Gasteiger partial charge in [-0.1, -0.05) is 12.1 Å². The Labute approximate surface area is 112 Å². The monoisotopic (exact) mass is 275 g/mol. The van der Waals surface area contributed by atoms with Crippen LogP contribution in [0.15, 0.2) is 35.7 Å². The molecule has 0 fully saturated rings. The summed E-state index contributed by atoms with van der Waals surface area (Å²) in [6, 6.07) is 6.36. The third-order valence-corrected chi connectivity index (χ3v) is 2.32. The maximum Gasteiger partial charge on any atom is 0.353 e. The Balaban J connectivity index is 2.08. The summed E-state index contributed by atoms with van der Waals surface area (Å²) in [5.74, 6) is -1.35. The Hall–Kier alpha value is -3.23. The van der Waals surface area contributed by atoms with E-state index in [9.17, 15) is 20.0 Å². The van der Waals surface area contributed by atoms with Gasteiger partial charge in [0.2, 0.25) is 5.69 Å². The Kier molecular flexibility index (Phi) is 3.70. The molecule has 20 heavy (non-hydrogen) atoms. The highest BCUT2D eigenvalue weighted by Gasteiger charge is 2.21. The van der Waals surface area contributed by atoms with Crippen molar-refractivity contribution in [1.82, 2.24) is 15.4 Å². The Morgan fingerprint density at radius 3 is 2.95 bits per heavy atom. The number of hydrogen-bond donors (Lipinski definition) is 3. The fraction of sp³-hybridized carbons (Fsp3) is 0. The summed E-state index contributed by atoms with van der Waals surface area (Å²) in [6.45, 7) is 0. The first-order valence-corrected chi connectivity index (χ1v) is 5.38. The van der Waals surface area contributed by atoms with Gasteiger partial charge >= 0.3 is 5.82 Å². The number of aromatic hydroxyl groups is 1. The third kappa shape index (κ3) is 2.77. The summed E-state index contributed by atoms with van der Waals surface area (Å²) in [7, 11) is 0. The predicted molar refractivity (Wildman–Crippen MR) is 68.4 cm³/mol. The third-order valence-electron chi connectivity index (χ3n) is 2.32. The van der Waals surface area contributed by atoms with Crippen molar-refractivity contribution in [2.45, 2.75) is 0 Å². The average molecular weight is 275 g/mol. The van der Waals surface area contributed by atoms with Crippen LogP contribution < -0.4 is 5.43 Å². The highest BCUT2D eigenvalue weighted by molar-refractivity contribution is 5.96. The number of imidazole rings is 1. The number of carbonyl (C=O) groups is 1. The molecule has 1 amide bonds. The zero-order valence-corrected chi connectivity index (χ0v) is 9.98. The van der Waals surface area contributed by atoms with E-state index < -0.39 is 16.6 Å². The zero-order chi connectivity index (χ0) is 14.5. The number of H-pyrrole nitrogens is 1. The summed E-state index contributed by atoms with van der Waals surface area (Å²) in [4.78, 5) is 27.3. The first-order chi connectivity index (χ1) is 9.59.